The van der Waals surface area contributed by atoms with Gasteiger partial charge in [-0.2, -0.15) is 0 Å². The van der Waals surface area contributed by atoms with E-state index in [2.05, 4.69) is 37.9 Å². The molecule has 60 heavy (non-hydrogen) atoms. The number of pyridine rings is 2. The third-order valence-electron chi connectivity index (χ3n) is 13.0. The molecular weight excluding hydrogens is 916 g/mol. The zero-order valence-corrected chi connectivity index (χ0v) is 36.5. The molecule has 2 aliphatic carbocycles. The minimum Gasteiger partial charge on any atom is -0.501 e. The number of benzene rings is 4. The molecular formula is C55H58N2O2Pt. The van der Waals surface area contributed by atoms with E-state index in [1.165, 1.54) is 18.2 Å². The summed E-state index contributed by atoms with van der Waals surface area (Å²) in [6.07, 6.45) is 7.37. The molecule has 310 valence electrons. The van der Waals surface area contributed by atoms with Gasteiger partial charge in [-0.05, 0) is 146 Å². The van der Waals surface area contributed by atoms with Gasteiger partial charge in [0.05, 0.1) is 5.58 Å². The number of aryl methyl sites for hydroxylation is 4. The third kappa shape index (κ3) is 8.02. The SMILES string of the molecule is [2H]C([2H])([2H])c1ccc2c(c1)oc1c(-c3cc(C4CCC(C)(C5([2H])CCC(C)(C)CC5)CC4C([2H])([2H])[2H])c(C)cn3)[c-]c(Oc3[c-]c(-c4cc(C([2H])([2H])[2H])c(C([2H])([2H])[2H])cn4)cc(-c4ccccc4)c3C([2H])([2H])[2H])cc12.[Pt+2]. The molecule has 0 bridgehead atoms. The molecule has 0 N–H and O–H groups in total. The average molecular weight is 990 g/mol. The molecule has 2 saturated carbocycles. The van der Waals surface area contributed by atoms with Crippen molar-refractivity contribution in [1.29, 1.82) is 0 Å². The molecule has 9 rings (SSSR count). The van der Waals surface area contributed by atoms with Crippen molar-refractivity contribution in [2.45, 2.75) is 113 Å². The van der Waals surface area contributed by atoms with Crippen LogP contribution in [0, 0.1) is 69.1 Å². The van der Waals surface area contributed by atoms with Gasteiger partial charge < -0.3 is 19.1 Å². The molecule has 0 radical (unpaired) electrons. The molecule has 3 atom stereocenters. The van der Waals surface area contributed by atoms with Crippen LogP contribution in [0.25, 0.3) is 55.6 Å². The first-order valence-corrected chi connectivity index (χ1v) is 20.4. The summed E-state index contributed by atoms with van der Waals surface area (Å²) in [5.74, 6) is -2.33. The van der Waals surface area contributed by atoms with E-state index < -0.39 is 68.5 Å². The Bertz CT molecular complexity index is 3310. The summed E-state index contributed by atoms with van der Waals surface area (Å²) in [5.41, 5.74) is 1.69. The van der Waals surface area contributed by atoms with Crippen LogP contribution in [0.2, 0.25) is 0 Å². The van der Waals surface area contributed by atoms with Gasteiger partial charge in [0, 0.05) is 51.2 Å². The number of furan rings is 1. The van der Waals surface area contributed by atoms with Gasteiger partial charge in [-0.25, -0.2) is 0 Å². The smallest absolute Gasteiger partial charge is 0.501 e. The quantitative estimate of drug-likeness (QED) is 0.149. The fourth-order valence-corrected chi connectivity index (χ4v) is 9.37. The van der Waals surface area contributed by atoms with Crippen LogP contribution in [0.3, 0.4) is 0 Å². The summed E-state index contributed by atoms with van der Waals surface area (Å²) >= 11 is 0. The number of hydrogen-bond donors (Lipinski definition) is 0. The van der Waals surface area contributed by atoms with Crippen LogP contribution < -0.4 is 4.74 Å². The van der Waals surface area contributed by atoms with Crippen LogP contribution in [0.4, 0.5) is 0 Å². The minimum atomic E-state index is -2.87. The van der Waals surface area contributed by atoms with Crippen molar-refractivity contribution in [2.24, 2.45) is 22.6 Å². The Morgan fingerprint density at radius 1 is 0.800 bits per heavy atom. The fourth-order valence-electron chi connectivity index (χ4n) is 9.37. The molecule has 2 fully saturated rings. The predicted molar refractivity (Wildman–Crippen MR) is 243 cm³/mol. The predicted octanol–water partition coefficient (Wildman–Crippen LogP) is 15.4. The van der Waals surface area contributed by atoms with Crippen LogP contribution >= 0.6 is 0 Å². The largest absolute Gasteiger partial charge is 2.00 e. The van der Waals surface area contributed by atoms with E-state index in [1.807, 2.05) is 13.0 Å². The molecule has 3 unspecified atom stereocenters. The Balaban J connectivity index is 0.00000765. The number of nitrogens with zero attached hydrogens (tertiary/aromatic N) is 2. The number of ether oxygens (including phenoxy) is 1. The van der Waals surface area contributed by atoms with Crippen molar-refractivity contribution < 1.29 is 52.2 Å². The van der Waals surface area contributed by atoms with E-state index in [0.717, 1.165) is 36.2 Å². The summed E-state index contributed by atoms with van der Waals surface area (Å²) in [6.45, 7) is -4.92. The van der Waals surface area contributed by atoms with Gasteiger partial charge in [0.1, 0.15) is 5.58 Å². The summed E-state index contributed by atoms with van der Waals surface area (Å²) in [5, 5.41) is 0.920. The molecule has 5 heteroatoms. The molecule has 0 spiro atoms. The summed E-state index contributed by atoms with van der Waals surface area (Å²) in [7, 11) is 0. The van der Waals surface area contributed by atoms with Gasteiger partial charge in [-0.1, -0.05) is 135 Å². The second-order valence-electron chi connectivity index (χ2n) is 17.7. The molecule has 0 aliphatic heterocycles. The Morgan fingerprint density at radius 2 is 1.60 bits per heavy atom. The number of rotatable bonds is 7. The third-order valence-corrected chi connectivity index (χ3v) is 13.0. The van der Waals surface area contributed by atoms with Crippen LogP contribution in [0.1, 0.15) is 134 Å². The maximum absolute atomic E-state index is 9.80. The van der Waals surface area contributed by atoms with Gasteiger partial charge in [0.15, 0.2) is 0 Å². The van der Waals surface area contributed by atoms with E-state index in [-0.39, 0.29) is 82.7 Å². The fraction of sp³-hybridized carbons (Fsp3) is 0.382. The van der Waals surface area contributed by atoms with E-state index >= 15 is 0 Å². The first-order valence-electron chi connectivity index (χ1n) is 28.4. The Kier molecular flexibility index (Phi) is 7.30. The normalized spacial score (nSPS) is 26.1. The van der Waals surface area contributed by atoms with E-state index in [9.17, 15) is 1.37 Å². The monoisotopic (exact) mass is 990 g/mol. The van der Waals surface area contributed by atoms with Gasteiger partial charge in [0.2, 0.25) is 0 Å². The van der Waals surface area contributed by atoms with Crippen LogP contribution in [0.5, 0.6) is 11.5 Å². The summed E-state index contributed by atoms with van der Waals surface area (Å²) in [6, 6.07) is 25.5. The number of hydrogen-bond acceptors (Lipinski definition) is 4. The van der Waals surface area contributed by atoms with Gasteiger partial charge in [-0.15, -0.1) is 11.6 Å². The van der Waals surface area contributed by atoms with Crippen molar-refractivity contribution in [3.63, 3.8) is 0 Å². The van der Waals surface area contributed by atoms with Crippen LogP contribution in [-0.2, 0) is 21.1 Å². The van der Waals surface area contributed by atoms with Crippen molar-refractivity contribution in [2.75, 3.05) is 0 Å². The zero-order chi connectivity index (χ0) is 54.6. The van der Waals surface area contributed by atoms with Gasteiger partial charge in [-0.3, -0.25) is 0 Å². The first-order chi connectivity index (χ1) is 34.7. The van der Waals surface area contributed by atoms with E-state index in [1.54, 1.807) is 48.7 Å². The minimum absolute atomic E-state index is 0. The molecule has 4 aromatic carbocycles. The Morgan fingerprint density at radius 3 is 2.37 bits per heavy atom. The summed E-state index contributed by atoms with van der Waals surface area (Å²) in [4.78, 5) is 9.23. The summed E-state index contributed by atoms with van der Waals surface area (Å²) < 4.78 is 150. The van der Waals surface area contributed by atoms with Crippen molar-refractivity contribution in [3.05, 3.63) is 131 Å². The molecule has 3 heterocycles. The molecule has 0 amide bonds. The van der Waals surface area contributed by atoms with Crippen molar-refractivity contribution in [1.82, 2.24) is 9.97 Å². The molecule has 0 saturated heterocycles. The van der Waals surface area contributed by atoms with Crippen LogP contribution in [0.15, 0.2) is 89.6 Å². The first kappa shape index (κ1) is 26.7. The zero-order valence-electron chi connectivity index (χ0n) is 50.2. The molecule has 7 aromatic rings. The van der Waals surface area contributed by atoms with Gasteiger partial charge in [0.25, 0.3) is 0 Å². The number of aromatic nitrogens is 2. The van der Waals surface area contributed by atoms with Gasteiger partial charge >= 0.3 is 21.1 Å². The van der Waals surface area contributed by atoms with E-state index in [0.29, 0.717) is 54.1 Å². The Hall–Kier alpha value is -4.53. The standard InChI is InChI=1S/C55H58N2O2.Pt/c1-33-15-16-44-47-27-42(58-51-26-40(49-24-34(2)36(4)31-56-49)25-46(38(51)6)39-13-11-10-12-14-39)28-48(53(47)59-52(44)23-33)50-29-45(37(5)32-57-50)43-19-22-55(9,30-35(43)3)41-17-20-54(7,8)21-18-41;/h10-16,23-25,27,29,31-32,35,41,43H,17-22,30H2,1-9H3;/q-2;+2/i1D3,2D3,3D3,4D3,6D3,41D;. The second kappa shape index (κ2) is 16.4. The van der Waals surface area contributed by atoms with Crippen molar-refractivity contribution in [3.8, 4) is 45.1 Å². The van der Waals surface area contributed by atoms with E-state index in [4.69, 9.17) is 34.7 Å². The molecule has 2 aliphatic rings. The maximum Gasteiger partial charge on any atom is 2.00 e. The molecule has 4 nitrogen and oxygen atoms in total. The second-order valence-corrected chi connectivity index (χ2v) is 17.7. The average Bonchev–Trinajstić information content (AvgIpc) is 3.69. The Labute approximate surface area is 394 Å². The van der Waals surface area contributed by atoms with Crippen LogP contribution in [-0.4, -0.2) is 9.97 Å². The number of fused-ring (bicyclic) bond motifs is 3. The topological polar surface area (TPSA) is 48.2 Å². The van der Waals surface area contributed by atoms with Crippen molar-refractivity contribution >= 4 is 21.9 Å². The molecule has 3 aromatic heterocycles. The maximum atomic E-state index is 9.80.